The number of imidazole rings is 1. The van der Waals surface area contributed by atoms with Crippen LogP contribution in [0.4, 0.5) is 11.4 Å². The summed E-state index contributed by atoms with van der Waals surface area (Å²) in [6.45, 7) is 5.04. The van der Waals surface area contributed by atoms with Crippen LogP contribution in [-0.4, -0.2) is 57.6 Å². The van der Waals surface area contributed by atoms with Gasteiger partial charge in [0.05, 0.1) is 28.3 Å². The van der Waals surface area contributed by atoms with Crippen LogP contribution in [0.1, 0.15) is 11.3 Å². The Labute approximate surface area is 242 Å². The smallest absolute Gasteiger partial charge is 0.172 e. The minimum Gasteiger partial charge on any atom is -0.460 e. The van der Waals surface area contributed by atoms with E-state index in [0.29, 0.717) is 16.3 Å². The minimum atomic E-state index is 0.454. The number of hydrogen-bond acceptors (Lipinski definition) is 8. The predicted octanol–water partition coefficient (Wildman–Crippen LogP) is 6.40. The molecule has 1 N–H and O–H groups in total. The van der Waals surface area contributed by atoms with E-state index in [1.807, 2.05) is 60.3 Å². The highest BCUT2D eigenvalue weighted by molar-refractivity contribution is 7.99. The van der Waals surface area contributed by atoms with E-state index in [4.69, 9.17) is 16.0 Å². The van der Waals surface area contributed by atoms with Gasteiger partial charge in [-0.25, -0.2) is 4.98 Å². The van der Waals surface area contributed by atoms with Crippen LogP contribution in [-0.2, 0) is 13.6 Å². The fourth-order valence-electron chi connectivity index (χ4n) is 4.77. The van der Waals surface area contributed by atoms with Gasteiger partial charge in [0.15, 0.2) is 5.16 Å². The lowest BCUT2D eigenvalue weighted by Gasteiger charge is -2.31. The summed E-state index contributed by atoms with van der Waals surface area (Å²) in [6, 6.07) is 18.1. The van der Waals surface area contributed by atoms with E-state index in [-0.39, 0.29) is 0 Å². The Balaban J connectivity index is 1.24. The van der Waals surface area contributed by atoms with Gasteiger partial charge in [0.25, 0.3) is 0 Å². The number of pyridine rings is 1. The number of furan rings is 1. The number of nitriles is 1. The number of halogens is 1. The summed E-state index contributed by atoms with van der Waals surface area (Å²) in [6.07, 6.45) is 5.26. The summed E-state index contributed by atoms with van der Waals surface area (Å²) in [4.78, 5) is 14.6. The molecular formula is C30H28ClN7OS. The van der Waals surface area contributed by atoms with Gasteiger partial charge in [-0.05, 0) is 49.5 Å². The van der Waals surface area contributed by atoms with Gasteiger partial charge in [0.1, 0.15) is 17.6 Å². The van der Waals surface area contributed by atoms with Gasteiger partial charge in [-0.1, -0.05) is 29.4 Å². The van der Waals surface area contributed by atoms with Gasteiger partial charge in [0.2, 0.25) is 0 Å². The predicted molar refractivity (Wildman–Crippen MR) is 159 cm³/mol. The van der Waals surface area contributed by atoms with Gasteiger partial charge in [0, 0.05) is 73.3 Å². The maximum Gasteiger partial charge on any atom is 0.172 e. The van der Waals surface area contributed by atoms with Crippen LogP contribution in [0.3, 0.4) is 0 Å². The quantitative estimate of drug-likeness (QED) is 0.241. The van der Waals surface area contributed by atoms with Crippen molar-refractivity contribution < 1.29 is 4.42 Å². The van der Waals surface area contributed by atoms with Crippen LogP contribution in [0, 0.1) is 11.3 Å². The first-order valence-corrected chi connectivity index (χ1v) is 14.2. The van der Waals surface area contributed by atoms with Crippen molar-refractivity contribution in [2.45, 2.75) is 16.6 Å². The van der Waals surface area contributed by atoms with Crippen LogP contribution in [0.5, 0.6) is 0 Å². The number of aryl methyl sites for hydroxylation is 1. The highest BCUT2D eigenvalue weighted by Crippen LogP contribution is 2.37. The van der Waals surface area contributed by atoms with Gasteiger partial charge in [-0.2, -0.15) is 5.26 Å². The summed E-state index contributed by atoms with van der Waals surface area (Å²) in [5.41, 5.74) is 3.63. The van der Waals surface area contributed by atoms with E-state index in [1.54, 1.807) is 12.4 Å². The second-order valence-electron chi connectivity index (χ2n) is 9.93. The van der Waals surface area contributed by atoms with Crippen molar-refractivity contribution in [1.82, 2.24) is 24.3 Å². The molecule has 1 aliphatic heterocycles. The molecule has 3 aromatic heterocycles. The number of likely N-dealkylation sites (N-methyl/N-ethyl adjacent to an activating group) is 1. The molecule has 40 heavy (non-hydrogen) atoms. The molecular weight excluding hydrogens is 542 g/mol. The molecule has 5 aromatic rings. The third kappa shape index (κ3) is 5.58. The van der Waals surface area contributed by atoms with Crippen molar-refractivity contribution in [3.63, 3.8) is 0 Å². The van der Waals surface area contributed by atoms with Crippen LogP contribution < -0.4 is 5.32 Å². The van der Waals surface area contributed by atoms with Crippen LogP contribution in [0.2, 0.25) is 5.02 Å². The average molecular weight is 570 g/mol. The van der Waals surface area contributed by atoms with Gasteiger partial charge >= 0.3 is 0 Å². The molecule has 0 aliphatic carbocycles. The molecule has 0 radical (unpaired) electrons. The zero-order valence-corrected chi connectivity index (χ0v) is 23.8. The minimum absolute atomic E-state index is 0.454. The molecule has 6 rings (SSSR count). The molecule has 1 saturated heterocycles. The Morgan fingerprint density at radius 3 is 2.65 bits per heavy atom. The standard InChI is InChI=1S/C30H28ClN7OS/c1-36-11-13-38(14-12-36)19-23-5-7-27(39-23)20-3-6-24-26(15-20)34-18-21(17-32)29(24)35-22-4-8-28(25(31)16-22)40-30-33-9-10-37(30)2/h3-10,15-16,18H,11-14,19H2,1-2H3,(H,34,35). The van der Waals surface area contributed by atoms with Crippen molar-refractivity contribution >= 4 is 45.6 Å². The highest BCUT2D eigenvalue weighted by atomic mass is 35.5. The Hall–Kier alpha value is -3.81. The van der Waals surface area contributed by atoms with Gasteiger partial charge in [-0.3, -0.25) is 9.88 Å². The van der Waals surface area contributed by atoms with Crippen molar-refractivity contribution in [2.75, 3.05) is 38.5 Å². The zero-order chi connectivity index (χ0) is 27.6. The lowest BCUT2D eigenvalue weighted by Crippen LogP contribution is -2.43. The van der Waals surface area contributed by atoms with Crippen LogP contribution in [0.15, 0.2) is 81.6 Å². The van der Waals surface area contributed by atoms with E-state index < -0.39 is 0 Å². The normalized spacial score (nSPS) is 14.4. The Bertz CT molecular complexity index is 1720. The molecule has 0 unspecified atom stereocenters. The largest absolute Gasteiger partial charge is 0.460 e. The molecule has 1 aliphatic rings. The third-order valence-corrected chi connectivity index (χ3v) is 8.67. The molecule has 4 heterocycles. The molecule has 0 atom stereocenters. The number of nitrogens with zero attached hydrogens (tertiary/aromatic N) is 6. The second-order valence-corrected chi connectivity index (χ2v) is 11.3. The molecule has 0 spiro atoms. The molecule has 1 fully saturated rings. The third-order valence-electron chi connectivity index (χ3n) is 7.09. The number of fused-ring (bicyclic) bond motifs is 1. The Morgan fingerprint density at radius 1 is 1.05 bits per heavy atom. The lowest BCUT2D eigenvalue weighted by molar-refractivity contribution is 0.140. The summed E-state index contributed by atoms with van der Waals surface area (Å²) in [5, 5.41) is 15.5. The molecule has 202 valence electrons. The number of rotatable bonds is 7. The van der Waals surface area contributed by atoms with E-state index in [1.165, 1.54) is 11.8 Å². The van der Waals surface area contributed by atoms with Crippen molar-refractivity contribution in [3.8, 4) is 17.4 Å². The molecule has 0 saturated carbocycles. The summed E-state index contributed by atoms with van der Waals surface area (Å²) in [5.74, 6) is 1.76. The van der Waals surface area contributed by atoms with Crippen molar-refractivity contribution in [2.24, 2.45) is 7.05 Å². The number of anilines is 2. The van der Waals surface area contributed by atoms with E-state index >= 15 is 0 Å². The Kier molecular flexibility index (Phi) is 7.50. The summed E-state index contributed by atoms with van der Waals surface area (Å²) in [7, 11) is 4.10. The number of hydrogen-bond donors (Lipinski definition) is 1. The fourth-order valence-corrected chi connectivity index (χ4v) is 5.87. The van der Waals surface area contributed by atoms with E-state index in [0.717, 1.165) is 76.4 Å². The summed E-state index contributed by atoms with van der Waals surface area (Å²) < 4.78 is 8.16. The van der Waals surface area contributed by atoms with Crippen molar-refractivity contribution in [3.05, 3.63) is 83.5 Å². The second kappa shape index (κ2) is 11.4. The highest BCUT2D eigenvalue weighted by Gasteiger charge is 2.17. The average Bonchev–Trinajstić information content (AvgIpc) is 3.60. The van der Waals surface area contributed by atoms with E-state index in [9.17, 15) is 5.26 Å². The van der Waals surface area contributed by atoms with Gasteiger partial charge in [-0.15, -0.1) is 0 Å². The maximum atomic E-state index is 9.82. The van der Waals surface area contributed by atoms with Crippen LogP contribution >= 0.6 is 23.4 Å². The number of nitrogens with one attached hydrogen (secondary N) is 1. The molecule has 2 aromatic carbocycles. The first-order valence-electron chi connectivity index (χ1n) is 13.0. The lowest BCUT2D eigenvalue weighted by atomic mass is 10.1. The maximum absolute atomic E-state index is 9.82. The first-order chi connectivity index (χ1) is 19.5. The van der Waals surface area contributed by atoms with E-state index in [2.05, 4.69) is 44.3 Å². The zero-order valence-electron chi connectivity index (χ0n) is 22.3. The summed E-state index contributed by atoms with van der Waals surface area (Å²) >= 11 is 8.12. The molecule has 0 bridgehead atoms. The number of piperazine rings is 1. The SMILES string of the molecule is CN1CCN(Cc2ccc(-c3ccc4c(Nc5ccc(Sc6nccn6C)c(Cl)c5)c(C#N)cnc4c3)o2)CC1. The topological polar surface area (TPSA) is 86.1 Å². The first kappa shape index (κ1) is 26.4. The van der Waals surface area contributed by atoms with Crippen LogP contribution in [0.25, 0.3) is 22.2 Å². The molecule has 0 amide bonds. The number of aromatic nitrogens is 3. The Morgan fingerprint density at radius 2 is 1.90 bits per heavy atom. The number of benzene rings is 2. The monoisotopic (exact) mass is 569 g/mol. The van der Waals surface area contributed by atoms with Crippen molar-refractivity contribution in [1.29, 1.82) is 5.26 Å². The molecule has 8 nitrogen and oxygen atoms in total. The molecule has 10 heteroatoms. The van der Waals surface area contributed by atoms with Gasteiger partial charge < -0.3 is 19.2 Å². The fraction of sp³-hybridized carbons (Fsp3) is 0.233.